The van der Waals surface area contributed by atoms with Crippen molar-refractivity contribution in [2.24, 2.45) is 0 Å². The van der Waals surface area contributed by atoms with Gasteiger partial charge in [-0.1, -0.05) is 6.92 Å². The molecule has 0 unspecified atom stereocenters. The normalized spacial score (nSPS) is 8.20. The lowest BCUT2D eigenvalue weighted by atomic mass is 10.8. The van der Waals surface area contributed by atoms with Crippen LogP contribution >= 0.6 is 34.2 Å². The molecular formula is C4H10ClNO2S2. The third kappa shape index (κ3) is 8.42. The summed E-state index contributed by atoms with van der Waals surface area (Å²) in [6.45, 7) is 2.81. The molecule has 0 atom stereocenters. The number of nitrogens with one attached hydrogen (secondary N) is 1. The van der Waals surface area contributed by atoms with Gasteiger partial charge in [0.25, 0.3) is 0 Å². The van der Waals surface area contributed by atoms with Crippen LogP contribution in [0.1, 0.15) is 6.92 Å². The van der Waals surface area contributed by atoms with Crippen molar-refractivity contribution in [3.8, 4) is 0 Å². The van der Waals surface area contributed by atoms with E-state index in [0.29, 0.717) is 0 Å². The Morgan fingerprint density at radius 1 is 1.70 bits per heavy atom. The van der Waals surface area contributed by atoms with Gasteiger partial charge in [-0.25, -0.2) is 4.79 Å². The van der Waals surface area contributed by atoms with Crippen molar-refractivity contribution in [1.82, 2.24) is 4.72 Å². The highest BCUT2D eigenvalue weighted by atomic mass is 35.5. The number of carbonyl (C=O) groups is 1. The van der Waals surface area contributed by atoms with Crippen LogP contribution in [-0.4, -0.2) is 19.0 Å². The Kier molecular flexibility index (Phi) is 12.3. The Morgan fingerprint density at radius 2 is 2.30 bits per heavy atom. The molecule has 0 aromatic heterocycles. The summed E-state index contributed by atoms with van der Waals surface area (Å²) in [6, 6.07) is 0. The molecule has 0 saturated carbocycles. The number of hydrogen-bond donors (Lipinski definition) is 1. The number of rotatable bonds is 3. The average Bonchev–Trinajstić information content (AvgIpc) is 1.89. The molecule has 0 amide bonds. The van der Waals surface area contributed by atoms with Gasteiger partial charge in [0.15, 0.2) is 0 Å². The molecule has 0 heterocycles. The summed E-state index contributed by atoms with van der Waals surface area (Å²) >= 11 is 0. The smallest absolute Gasteiger partial charge is 0.379 e. The third-order valence-electron chi connectivity index (χ3n) is 0.480. The van der Waals surface area contributed by atoms with Gasteiger partial charge in [0.2, 0.25) is 0 Å². The Balaban J connectivity index is 0. The van der Waals surface area contributed by atoms with Gasteiger partial charge in [0, 0.05) is 28.3 Å². The summed E-state index contributed by atoms with van der Waals surface area (Å²) < 4.78 is 7.25. The minimum Gasteiger partial charge on any atom is -0.460 e. The lowest BCUT2D eigenvalue weighted by Gasteiger charge is -1.95. The van der Waals surface area contributed by atoms with E-state index in [1.54, 1.807) is 0 Å². The topological polar surface area (TPSA) is 38.3 Å². The van der Waals surface area contributed by atoms with E-state index in [2.05, 4.69) is 9.46 Å². The first-order chi connectivity index (χ1) is 4.31. The summed E-state index contributed by atoms with van der Waals surface area (Å²) in [5, 5.41) is -0.277. The minimum absolute atomic E-state index is 0. The zero-order valence-corrected chi connectivity index (χ0v) is 8.20. The van der Waals surface area contributed by atoms with Gasteiger partial charge in [0.05, 0.1) is 7.11 Å². The molecule has 0 aromatic rings. The second-order valence-corrected chi connectivity index (χ2v) is 3.07. The maximum atomic E-state index is 10.4. The van der Waals surface area contributed by atoms with E-state index in [0.717, 1.165) is 17.3 Å². The molecule has 0 fully saturated rings. The predicted molar refractivity (Wildman–Crippen MR) is 48.5 cm³/mol. The number of halogens is 1. The zero-order chi connectivity index (χ0) is 7.11. The highest BCUT2D eigenvalue weighted by Gasteiger charge is 1.98. The maximum Gasteiger partial charge on any atom is 0.379 e. The molecule has 3 nitrogen and oxygen atoms in total. The fourth-order valence-corrected chi connectivity index (χ4v) is 1.41. The Morgan fingerprint density at radius 3 is 2.70 bits per heavy atom. The molecule has 10 heavy (non-hydrogen) atoms. The summed E-state index contributed by atoms with van der Waals surface area (Å²) in [6.07, 6.45) is 0. The summed E-state index contributed by atoms with van der Waals surface area (Å²) in [7, 11) is 3.69. The molecule has 0 spiro atoms. The summed E-state index contributed by atoms with van der Waals surface area (Å²) in [5.41, 5.74) is 0. The first-order valence-corrected chi connectivity index (χ1v) is 4.60. The number of methoxy groups -OCH3 is 1. The minimum atomic E-state index is -0.277. The molecule has 0 saturated heterocycles. The lowest BCUT2D eigenvalue weighted by molar-refractivity contribution is 0.200. The second-order valence-electron chi connectivity index (χ2n) is 1.12. The van der Waals surface area contributed by atoms with E-state index in [1.165, 1.54) is 18.1 Å². The average molecular weight is 204 g/mol. The van der Waals surface area contributed by atoms with Crippen LogP contribution in [-0.2, 0) is 4.74 Å². The Bertz CT molecular complexity index is 93.3. The van der Waals surface area contributed by atoms with Crippen molar-refractivity contribution >= 4 is 39.5 Å². The van der Waals surface area contributed by atoms with Crippen molar-refractivity contribution in [3.63, 3.8) is 0 Å². The standard InChI is InChI=1S/C4H9NO2S2.ClH/c1-3-5-9-8-4(6)7-2;/h5H,3H2,1-2H3;1H. The fourth-order valence-electron chi connectivity index (χ4n) is 0.156. The number of ether oxygens (including phenoxy) is 1. The van der Waals surface area contributed by atoms with Gasteiger partial charge < -0.3 is 4.74 Å². The SMILES string of the molecule is CCNSSC(=O)OC.Cl. The van der Waals surface area contributed by atoms with Gasteiger partial charge in [0.1, 0.15) is 0 Å². The molecule has 6 heteroatoms. The van der Waals surface area contributed by atoms with E-state index in [4.69, 9.17) is 0 Å². The van der Waals surface area contributed by atoms with Crippen molar-refractivity contribution in [1.29, 1.82) is 0 Å². The van der Waals surface area contributed by atoms with Crippen molar-refractivity contribution in [2.45, 2.75) is 6.92 Å². The van der Waals surface area contributed by atoms with Crippen LogP contribution in [0.5, 0.6) is 0 Å². The quantitative estimate of drug-likeness (QED) is 0.329. The molecule has 0 aliphatic rings. The van der Waals surface area contributed by atoms with Crippen LogP contribution in [0.3, 0.4) is 0 Å². The van der Waals surface area contributed by atoms with Gasteiger partial charge in [-0.3, -0.25) is 4.72 Å². The zero-order valence-electron chi connectivity index (χ0n) is 5.75. The van der Waals surface area contributed by atoms with Gasteiger partial charge in [-0.2, -0.15) is 0 Å². The van der Waals surface area contributed by atoms with Crippen LogP contribution in [0, 0.1) is 0 Å². The fraction of sp³-hybridized carbons (Fsp3) is 0.750. The largest absolute Gasteiger partial charge is 0.460 e. The van der Waals surface area contributed by atoms with Crippen LogP contribution in [0.2, 0.25) is 0 Å². The lowest BCUT2D eigenvalue weighted by Crippen LogP contribution is -1.99. The monoisotopic (exact) mass is 203 g/mol. The van der Waals surface area contributed by atoms with E-state index in [1.807, 2.05) is 6.92 Å². The highest BCUT2D eigenvalue weighted by molar-refractivity contribution is 8.81. The summed E-state index contributed by atoms with van der Waals surface area (Å²) in [4.78, 5) is 10.4. The molecule has 0 radical (unpaired) electrons. The van der Waals surface area contributed by atoms with Gasteiger partial charge >= 0.3 is 5.30 Å². The van der Waals surface area contributed by atoms with Crippen molar-refractivity contribution in [2.75, 3.05) is 13.7 Å². The van der Waals surface area contributed by atoms with Gasteiger partial charge in [-0.15, -0.1) is 12.4 Å². The van der Waals surface area contributed by atoms with Gasteiger partial charge in [-0.05, 0) is 0 Å². The van der Waals surface area contributed by atoms with Crippen molar-refractivity contribution < 1.29 is 9.53 Å². The molecular weight excluding hydrogens is 194 g/mol. The van der Waals surface area contributed by atoms with E-state index in [9.17, 15) is 4.79 Å². The van der Waals surface area contributed by atoms with Crippen molar-refractivity contribution in [3.05, 3.63) is 0 Å². The molecule has 0 aliphatic carbocycles. The molecule has 62 valence electrons. The first-order valence-electron chi connectivity index (χ1n) is 2.45. The third-order valence-corrected chi connectivity index (χ3v) is 2.28. The molecule has 0 bridgehead atoms. The van der Waals surface area contributed by atoms with Crippen LogP contribution < -0.4 is 4.72 Å². The van der Waals surface area contributed by atoms with Crippen LogP contribution in [0.15, 0.2) is 0 Å². The van der Waals surface area contributed by atoms with Crippen LogP contribution in [0.4, 0.5) is 4.79 Å². The highest BCUT2D eigenvalue weighted by Crippen LogP contribution is 2.18. The second kappa shape index (κ2) is 9.42. The number of carbonyl (C=O) groups excluding carboxylic acids is 1. The van der Waals surface area contributed by atoms with E-state index < -0.39 is 0 Å². The Labute approximate surface area is 74.6 Å². The maximum absolute atomic E-state index is 10.4. The van der Waals surface area contributed by atoms with E-state index >= 15 is 0 Å². The van der Waals surface area contributed by atoms with Crippen LogP contribution in [0.25, 0.3) is 0 Å². The Hall–Kier alpha value is 0.420. The molecule has 0 rings (SSSR count). The summed E-state index contributed by atoms with van der Waals surface area (Å²) in [5.74, 6) is 0. The molecule has 0 aromatic carbocycles. The number of hydrogen-bond acceptors (Lipinski definition) is 5. The molecule has 1 N–H and O–H groups in total. The van der Waals surface area contributed by atoms with E-state index in [-0.39, 0.29) is 17.7 Å². The first kappa shape index (κ1) is 13.0. The molecule has 0 aliphatic heterocycles. The predicted octanol–water partition coefficient (Wildman–Crippen LogP) is 2.08.